The summed E-state index contributed by atoms with van der Waals surface area (Å²) in [6.07, 6.45) is 5.71. The van der Waals surface area contributed by atoms with Crippen molar-refractivity contribution < 1.29 is 30.2 Å². The van der Waals surface area contributed by atoms with E-state index in [1.165, 1.54) is 0 Å². The maximum Gasteiger partial charge on any atom is 0.216 e. The summed E-state index contributed by atoms with van der Waals surface area (Å²) in [5.74, 6) is 0.930. The van der Waals surface area contributed by atoms with Crippen LogP contribution in [0.1, 0.15) is 0 Å². The van der Waals surface area contributed by atoms with Gasteiger partial charge in [0.1, 0.15) is 5.58 Å². The molecular weight excluding hydrogens is 679 g/mol. The predicted octanol–water partition coefficient (Wildman–Crippen LogP) is 8.18. The first-order valence-electron chi connectivity index (χ1n) is 12.6. The van der Waals surface area contributed by atoms with Crippen molar-refractivity contribution in [1.29, 1.82) is 0 Å². The summed E-state index contributed by atoms with van der Waals surface area (Å²) in [6, 6.07) is 39.1. The van der Waals surface area contributed by atoms with Crippen molar-refractivity contribution in [3.05, 3.63) is 134 Å². The van der Waals surface area contributed by atoms with Crippen LogP contribution in [0.3, 0.4) is 0 Å². The fourth-order valence-corrected chi connectivity index (χ4v) is 4.73. The second-order valence-electron chi connectivity index (χ2n) is 9.17. The Hall–Kier alpha value is -4.54. The number of benzene rings is 4. The topological polar surface area (TPSA) is 45.0 Å². The number of hydrogen-bond donors (Lipinski definition) is 0. The Morgan fingerprint density at radius 3 is 2.45 bits per heavy atom. The van der Waals surface area contributed by atoms with Crippen LogP contribution in [0.15, 0.2) is 120 Å². The van der Waals surface area contributed by atoms with Crippen molar-refractivity contribution in [3.8, 4) is 11.6 Å². The van der Waals surface area contributed by atoms with Crippen LogP contribution < -0.4 is 14.5 Å². The normalized spacial score (nSPS) is 12.6. The number of rotatable bonds is 6. The Kier molecular flexibility index (Phi) is 7.02. The van der Waals surface area contributed by atoms with Crippen LogP contribution in [0.25, 0.3) is 21.9 Å². The van der Waals surface area contributed by atoms with Gasteiger partial charge in [-0.2, -0.15) is 12.7 Å². The maximum absolute atomic E-state index is 6.28. The number of fused-ring (bicyclic) bond motifs is 3. The van der Waals surface area contributed by atoms with Crippen molar-refractivity contribution in [2.24, 2.45) is 0 Å². The molecule has 0 saturated heterocycles. The van der Waals surface area contributed by atoms with Gasteiger partial charge in [-0.25, -0.2) is 4.98 Å². The van der Waals surface area contributed by atoms with Crippen LogP contribution in [0.5, 0.6) is 11.6 Å². The number of pyridine rings is 1. The van der Waals surface area contributed by atoms with Gasteiger partial charge in [0.15, 0.2) is 0 Å². The van der Waals surface area contributed by atoms with E-state index in [0.717, 1.165) is 39.1 Å². The molecule has 0 aliphatic carbocycles. The van der Waals surface area contributed by atoms with E-state index in [4.69, 9.17) is 9.15 Å². The molecule has 0 radical (unpaired) electrons. The van der Waals surface area contributed by atoms with E-state index in [-0.39, 0.29) is 21.1 Å². The van der Waals surface area contributed by atoms with Crippen molar-refractivity contribution >= 4 is 44.7 Å². The first kappa shape index (κ1) is 25.7. The first-order chi connectivity index (χ1) is 19.2. The molecule has 0 fully saturated rings. The summed E-state index contributed by atoms with van der Waals surface area (Å²) in [5, 5.41) is 1.93. The molecule has 0 atom stereocenters. The van der Waals surface area contributed by atoms with E-state index in [9.17, 15) is 0 Å². The number of furan rings is 1. The van der Waals surface area contributed by atoms with Gasteiger partial charge >= 0.3 is 0 Å². The van der Waals surface area contributed by atoms with Crippen LogP contribution in [-0.4, -0.2) is 16.9 Å². The van der Waals surface area contributed by atoms with E-state index in [2.05, 4.69) is 46.3 Å². The summed E-state index contributed by atoms with van der Waals surface area (Å²) in [5.41, 5.74) is 4.95. The smallest absolute Gasteiger partial charge is 0.216 e. The standard InChI is InChI=1S/C33H23N4O2.Pt/c1-35-18-19-36(23-35)25-12-9-13-26(20-25)37(24-10-3-2-4-11-24)27-21-29-28-14-5-6-15-30(28)39-33(29)31(22-27)38-32-16-7-8-17-34-32;/h2-19,21,23H,1H3;/q-3;. The second-order valence-corrected chi connectivity index (χ2v) is 9.17. The van der Waals surface area contributed by atoms with E-state index in [1.54, 1.807) is 6.20 Å². The summed E-state index contributed by atoms with van der Waals surface area (Å²) >= 11 is 0. The van der Waals surface area contributed by atoms with Crippen molar-refractivity contribution in [1.82, 2.24) is 9.88 Å². The van der Waals surface area contributed by atoms with Gasteiger partial charge < -0.3 is 23.9 Å². The monoisotopic (exact) mass is 702 g/mol. The van der Waals surface area contributed by atoms with Gasteiger partial charge in [0, 0.05) is 44.4 Å². The number of anilines is 4. The zero-order valence-corrected chi connectivity index (χ0v) is 23.7. The van der Waals surface area contributed by atoms with Crippen LogP contribution in [0.2, 0.25) is 0 Å². The minimum atomic E-state index is 0. The number of hydrogen-bond acceptors (Lipinski definition) is 6. The third-order valence-corrected chi connectivity index (χ3v) is 6.51. The molecule has 0 bridgehead atoms. The van der Waals surface area contributed by atoms with Gasteiger partial charge in [0.05, 0.1) is 11.3 Å². The molecule has 1 aliphatic rings. The van der Waals surface area contributed by atoms with Gasteiger partial charge in [0.25, 0.3) is 0 Å². The Balaban J connectivity index is 0.00000289. The van der Waals surface area contributed by atoms with Gasteiger partial charge in [-0.05, 0) is 43.7 Å². The largest absolute Gasteiger partial charge is 0.512 e. The van der Waals surface area contributed by atoms with Crippen LogP contribution in [0, 0.1) is 18.8 Å². The zero-order chi connectivity index (χ0) is 26.2. The Morgan fingerprint density at radius 1 is 0.825 bits per heavy atom. The Morgan fingerprint density at radius 2 is 1.65 bits per heavy atom. The number of ether oxygens (including phenoxy) is 1. The fourth-order valence-electron chi connectivity index (χ4n) is 4.73. The average molecular weight is 703 g/mol. The molecule has 200 valence electrons. The van der Waals surface area contributed by atoms with Crippen LogP contribution in [0.4, 0.5) is 22.7 Å². The van der Waals surface area contributed by atoms with Gasteiger partial charge in [0.2, 0.25) is 5.88 Å². The van der Waals surface area contributed by atoms with Gasteiger partial charge in [-0.1, -0.05) is 59.2 Å². The molecule has 4 aromatic carbocycles. The Labute approximate surface area is 247 Å². The van der Waals surface area contributed by atoms with Crippen molar-refractivity contribution in [3.63, 3.8) is 0 Å². The van der Waals surface area contributed by atoms with Gasteiger partial charge in [-0.15, -0.1) is 36.0 Å². The molecule has 7 rings (SSSR count). The molecule has 6 nitrogen and oxygen atoms in total. The van der Waals surface area contributed by atoms with E-state index >= 15 is 0 Å². The number of nitrogens with zero attached hydrogens (tertiary/aromatic N) is 4. The molecule has 0 amide bonds. The molecule has 0 unspecified atom stereocenters. The average Bonchev–Trinajstić information content (AvgIpc) is 3.59. The molecule has 0 spiro atoms. The van der Waals surface area contributed by atoms with E-state index in [0.29, 0.717) is 17.2 Å². The van der Waals surface area contributed by atoms with Crippen LogP contribution >= 0.6 is 0 Å². The molecule has 3 heterocycles. The maximum atomic E-state index is 6.28. The van der Waals surface area contributed by atoms with E-state index < -0.39 is 0 Å². The predicted molar refractivity (Wildman–Crippen MR) is 154 cm³/mol. The molecule has 0 saturated carbocycles. The zero-order valence-electron chi connectivity index (χ0n) is 21.5. The van der Waals surface area contributed by atoms with Gasteiger partial charge in [-0.3, -0.25) is 0 Å². The molecular formula is C33H23N4O2Pt-3. The minimum Gasteiger partial charge on any atom is -0.512 e. The third-order valence-electron chi connectivity index (χ3n) is 6.51. The summed E-state index contributed by atoms with van der Waals surface area (Å²) in [4.78, 5) is 10.5. The van der Waals surface area contributed by atoms with Crippen molar-refractivity contribution in [2.45, 2.75) is 0 Å². The summed E-state index contributed by atoms with van der Waals surface area (Å²) in [6.45, 7) is 2.01. The Bertz CT molecular complexity index is 1800. The molecule has 40 heavy (non-hydrogen) atoms. The fraction of sp³-hybridized carbons (Fsp3) is 0.0303. The molecule has 6 aromatic rings. The number of para-hydroxylation sites is 2. The third kappa shape index (κ3) is 4.83. The molecule has 1 aliphatic heterocycles. The molecule has 2 aromatic heterocycles. The SMILES string of the molecule is CN1C=CN(c2[c-]c(N(c3[c-]c(Oc4ccccn4)c4oc5ccccc5c4c3)c3ccccc3)ccc2)[CH-]1.[Pt]. The first-order valence-corrected chi connectivity index (χ1v) is 12.6. The van der Waals surface area contributed by atoms with E-state index in [1.807, 2.05) is 109 Å². The summed E-state index contributed by atoms with van der Waals surface area (Å²) < 4.78 is 12.5. The number of aromatic nitrogens is 1. The molecule has 7 heteroatoms. The summed E-state index contributed by atoms with van der Waals surface area (Å²) in [7, 11) is 2.00. The molecule has 0 N–H and O–H groups in total. The minimum absolute atomic E-state index is 0. The van der Waals surface area contributed by atoms with Crippen molar-refractivity contribution in [2.75, 3.05) is 16.8 Å². The van der Waals surface area contributed by atoms with Crippen LogP contribution in [-0.2, 0) is 21.1 Å². The quantitative estimate of drug-likeness (QED) is 0.163. The second kappa shape index (κ2) is 10.9.